The van der Waals surface area contributed by atoms with Gasteiger partial charge in [0.1, 0.15) is 17.5 Å². The lowest BCUT2D eigenvalue weighted by Crippen LogP contribution is -2.86. The summed E-state index contributed by atoms with van der Waals surface area (Å²) in [5.74, 6) is 1.06. The second-order valence-corrected chi connectivity index (χ2v) is 6.35. The molecule has 0 aromatic heterocycles. The number of carbonyl (C=O) groups excluding carboxylic acids is 1. The number of hydrogen-bond donors (Lipinski definition) is 2. The van der Waals surface area contributed by atoms with Crippen LogP contribution in [0.1, 0.15) is 18.5 Å². The molecule has 3 N–H and O–H groups in total. The van der Waals surface area contributed by atoms with Gasteiger partial charge < -0.3 is 20.1 Å². The summed E-state index contributed by atoms with van der Waals surface area (Å²) in [5.41, 5.74) is 1.50. The van der Waals surface area contributed by atoms with Gasteiger partial charge in [-0.2, -0.15) is 0 Å². The molecule has 0 aliphatic carbocycles. The third-order valence-corrected chi connectivity index (χ3v) is 4.35. The van der Waals surface area contributed by atoms with Crippen molar-refractivity contribution in [3.05, 3.63) is 52.0 Å². The Kier molecular flexibility index (Phi) is 6.93. The van der Waals surface area contributed by atoms with Crippen molar-refractivity contribution in [3.8, 4) is 11.5 Å². The predicted octanol–water partition coefficient (Wildman–Crippen LogP) is 3.27. The first-order chi connectivity index (χ1) is 11.9. The summed E-state index contributed by atoms with van der Waals surface area (Å²) in [6.07, 6.45) is 0. The molecule has 2 aromatic rings. The Morgan fingerprint density at radius 1 is 1.16 bits per heavy atom. The number of methoxy groups -OCH3 is 2. The predicted molar refractivity (Wildman–Crippen MR) is 99.8 cm³/mol. The molecule has 0 radical (unpaired) electrons. The molecule has 0 heterocycles. The minimum Gasteiger partial charge on any atom is -0.497 e. The molecule has 0 saturated heterocycles. The third-order valence-electron chi connectivity index (χ3n) is 3.79. The summed E-state index contributed by atoms with van der Waals surface area (Å²) in [6.45, 7) is 2.22. The number of carbonyl (C=O) groups is 1. The Balaban J connectivity index is 1.98. The van der Waals surface area contributed by atoms with Gasteiger partial charge in [-0.25, -0.2) is 0 Å². The Morgan fingerprint density at radius 3 is 2.56 bits per heavy atom. The average Bonchev–Trinajstić information content (AvgIpc) is 2.59. The monoisotopic (exact) mass is 383 g/mol. The molecule has 0 unspecified atom stereocenters. The fraction of sp³-hybridized carbons (Fsp3) is 0.278. The van der Waals surface area contributed by atoms with Crippen LogP contribution in [-0.2, 0) is 4.79 Å². The van der Waals surface area contributed by atoms with E-state index in [4.69, 9.17) is 32.7 Å². The summed E-state index contributed by atoms with van der Waals surface area (Å²) in [4.78, 5) is 12.3. The number of ether oxygens (including phenoxy) is 2. The summed E-state index contributed by atoms with van der Waals surface area (Å²) in [6, 6.07) is 10.6. The van der Waals surface area contributed by atoms with Crippen molar-refractivity contribution in [2.45, 2.75) is 13.0 Å². The van der Waals surface area contributed by atoms with E-state index in [0.717, 1.165) is 5.56 Å². The first-order valence-corrected chi connectivity index (χ1v) is 8.50. The van der Waals surface area contributed by atoms with Gasteiger partial charge in [0.05, 0.1) is 24.9 Å². The van der Waals surface area contributed by atoms with Gasteiger partial charge in [-0.1, -0.05) is 29.3 Å². The highest BCUT2D eigenvalue weighted by atomic mass is 35.5. The van der Waals surface area contributed by atoms with E-state index in [1.807, 2.05) is 18.3 Å². The van der Waals surface area contributed by atoms with E-state index in [1.165, 1.54) is 0 Å². The SMILES string of the molecule is COc1ccc(OC)c(NC(=O)C[NH2+][C@@H](C)c2ccc(Cl)cc2Cl)c1. The van der Waals surface area contributed by atoms with Crippen molar-refractivity contribution < 1.29 is 19.6 Å². The van der Waals surface area contributed by atoms with Gasteiger partial charge in [0.25, 0.3) is 5.91 Å². The van der Waals surface area contributed by atoms with Crippen molar-refractivity contribution in [1.29, 1.82) is 0 Å². The smallest absolute Gasteiger partial charge is 0.279 e. The normalized spacial score (nSPS) is 11.7. The fourth-order valence-corrected chi connectivity index (χ4v) is 2.98. The first-order valence-electron chi connectivity index (χ1n) is 7.74. The zero-order valence-electron chi connectivity index (χ0n) is 14.3. The van der Waals surface area contributed by atoms with Crippen LogP contribution in [0.2, 0.25) is 10.0 Å². The van der Waals surface area contributed by atoms with Gasteiger partial charge in [-0.3, -0.25) is 4.79 Å². The van der Waals surface area contributed by atoms with Crippen LogP contribution in [0, 0.1) is 0 Å². The van der Waals surface area contributed by atoms with Gasteiger partial charge in [-0.05, 0) is 31.2 Å². The van der Waals surface area contributed by atoms with Crippen LogP contribution < -0.4 is 20.1 Å². The van der Waals surface area contributed by atoms with Gasteiger partial charge in [0.2, 0.25) is 0 Å². The minimum atomic E-state index is -0.150. The highest BCUT2D eigenvalue weighted by molar-refractivity contribution is 6.35. The maximum atomic E-state index is 12.3. The first kappa shape index (κ1) is 19.4. The summed E-state index contributed by atoms with van der Waals surface area (Å²) < 4.78 is 10.4. The van der Waals surface area contributed by atoms with Crippen LogP contribution in [0.3, 0.4) is 0 Å². The number of benzene rings is 2. The van der Waals surface area contributed by atoms with Crippen LogP contribution in [0.25, 0.3) is 0 Å². The molecule has 0 aliphatic rings. The molecule has 5 nitrogen and oxygen atoms in total. The topological polar surface area (TPSA) is 64.2 Å². The highest BCUT2D eigenvalue weighted by Crippen LogP contribution is 2.28. The lowest BCUT2D eigenvalue weighted by molar-refractivity contribution is -0.682. The number of nitrogens with one attached hydrogen (secondary N) is 1. The van der Waals surface area contributed by atoms with Crippen LogP contribution in [-0.4, -0.2) is 26.7 Å². The Bertz CT molecular complexity index is 753. The fourth-order valence-electron chi connectivity index (χ4n) is 2.39. The number of anilines is 1. The zero-order chi connectivity index (χ0) is 18.4. The third kappa shape index (κ3) is 5.26. The minimum absolute atomic E-state index is 0.0164. The van der Waals surface area contributed by atoms with Gasteiger partial charge >= 0.3 is 0 Å². The number of quaternary nitrogens is 1. The summed E-state index contributed by atoms with van der Waals surface area (Å²) in [5, 5.41) is 5.91. The second-order valence-electron chi connectivity index (χ2n) is 5.51. The van der Waals surface area contributed by atoms with E-state index in [0.29, 0.717) is 27.2 Å². The molecule has 2 aromatic carbocycles. The molecule has 7 heteroatoms. The van der Waals surface area contributed by atoms with Crippen LogP contribution in [0.5, 0.6) is 11.5 Å². The molecule has 0 bridgehead atoms. The van der Waals surface area contributed by atoms with E-state index in [2.05, 4.69) is 5.32 Å². The van der Waals surface area contributed by atoms with E-state index < -0.39 is 0 Å². The van der Waals surface area contributed by atoms with E-state index in [1.54, 1.807) is 44.6 Å². The molecule has 0 spiro atoms. The number of nitrogens with two attached hydrogens (primary N) is 1. The molecule has 1 atom stereocenters. The summed E-state index contributed by atoms with van der Waals surface area (Å²) in [7, 11) is 3.12. The number of hydrogen-bond acceptors (Lipinski definition) is 3. The lowest BCUT2D eigenvalue weighted by Gasteiger charge is -2.14. The Morgan fingerprint density at radius 2 is 1.92 bits per heavy atom. The highest BCUT2D eigenvalue weighted by Gasteiger charge is 2.16. The van der Waals surface area contributed by atoms with Crippen molar-refractivity contribution in [2.75, 3.05) is 26.1 Å². The molecular formula is C18H21Cl2N2O3+. The lowest BCUT2D eigenvalue weighted by atomic mass is 10.1. The van der Waals surface area contributed by atoms with E-state index in [9.17, 15) is 4.79 Å². The molecule has 2 rings (SSSR count). The largest absolute Gasteiger partial charge is 0.497 e. The average molecular weight is 384 g/mol. The van der Waals surface area contributed by atoms with Gasteiger partial charge in [0.15, 0.2) is 6.54 Å². The number of halogens is 2. The van der Waals surface area contributed by atoms with Crippen molar-refractivity contribution >= 4 is 34.8 Å². The number of rotatable bonds is 7. The Labute approximate surface area is 157 Å². The quantitative estimate of drug-likeness (QED) is 0.770. The zero-order valence-corrected chi connectivity index (χ0v) is 15.8. The van der Waals surface area contributed by atoms with Crippen molar-refractivity contribution in [1.82, 2.24) is 0 Å². The van der Waals surface area contributed by atoms with E-state index in [-0.39, 0.29) is 18.5 Å². The van der Waals surface area contributed by atoms with Gasteiger partial charge in [0, 0.05) is 16.7 Å². The maximum absolute atomic E-state index is 12.3. The molecule has 0 saturated carbocycles. The molecule has 1 amide bonds. The van der Waals surface area contributed by atoms with Crippen molar-refractivity contribution in [2.24, 2.45) is 0 Å². The molecule has 25 heavy (non-hydrogen) atoms. The van der Waals surface area contributed by atoms with Crippen molar-refractivity contribution in [3.63, 3.8) is 0 Å². The van der Waals surface area contributed by atoms with E-state index >= 15 is 0 Å². The second kappa shape index (κ2) is 8.94. The molecule has 0 fully saturated rings. The standard InChI is InChI=1S/C18H20Cl2N2O3/c1-11(14-6-4-12(19)8-15(14)20)21-10-18(23)22-16-9-13(24-2)5-7-17(16)25-3/h4-9,11,21H,10H2,1-3H3,(H,22,23)/p+1/t11-/m0/s1. The number of amides is 1. The molecule has 0 aliphatic heterocycles. The van der Waals surface area contributed by atoms with Crippen LogP contribution in [0.4, 0.5) is 5.69 Å². The Hall–Kier alpha value is -1.95. The van der Waals surface area contributed by atoms with Gasteiger partial charge in [-0.15, -0.1) is 0 Å². The van der Waals surface area contributed by atoms with Crippen LogP contribution in [0.15, 0.2) is 36.4 Å². The van der Waals surface area contributed by atoms with Crippen LogP contribution >= 0.6 is 23.2 Å². The molecule has 134 valence electrons. The maximum Gasteiger partial charge on any atom is 0.279 e. The molecular weight excluding hydrogens is 363 g/mol. The summed E-state index contributed by atoms with van der Waals surface area (Å²) >= 11 is 12.1.